The Morgan fingerprint density at radius 3 is 2.75 bits per heavy atom. The first-order valence-corrected chi connectivity index (χ1v) is 10.1. The number of carbonyl (C=O) groups excluding carboxylic acids is 2. The summed E-state index contributed by atoms with van der Waals surface area (Å²) >= 11 is 5.80. The molecule has 2 aromatic heterocycles. The topological polar surface area (TPSA) is 124 Å². The maximum atomic E-state index is 12.1. The van der Waals surface area contributed by atoms with Gasteiger partial charge in [0.1, 0.15) is 12.3 Å². The quantitative estimate of drug-likeness (QED) is 0.371. The molecule has 0 atom stereocenters. The number of benzene rings is 2. The molecule has 4 aromatic rings. The zero-order valence-electron chi connectivity index (χ0n) is 16.8. The van der Waals surface area contributed by atoms with Crippen LogP contribution in [-0.4, -0.2) is 51.4 Å². The van der Waals surface area contributed by atoms with Crippen LogP contribution < -0.4 is 15.4 Å². The lowest BCUT2D eigenvalue weighted by Crippen LogP contribution is -2.36. The molecule has 164 valence electrons. The Morgan fingerprint density at radius 1 is 1.09 bits per heavy atom. The van der Waals surface area contributed by atoms with Crippen molar-refractivity contribution < 1.29 is 18.8 Å². The summed E-state index contributed by atoms with van der Waals surface area (Å²) in [5.41, 5.74) is 0. The summed E-state index contributed by atoms with van der Waals surface area (Å²) in [4.78, 5) is 28.2. The second kappa shape index (κ2) is 9.92. The van der Waals surface area contributed by atoms with Crippen LogP contribution in [0.5, 0.6) is 5.75 Å². The van der Waals surface area contributed by atoms with Gasteiger partial charge < -0.3 is 19.9 Å². The first-order chi connectivity index (χ1) is 15.6. The smallest absolute Gasteiger partial charge is 0.316 e. The molecule has 2 N–H and O–H groups in total. The van der Waals surface area contributed by atoms with Gasteiger partial charge in [0.25, 0.3) is 5.91 Å². The minimum atomic E-state index is -0.538. The average molecular weight is 455 g/mol. The van der Waals surface area contributed by atoms with Crippen molar-refractivity contribution in [3.05, 3.63) is 71.6 Å². The third-order valence-corrected chi connectivity index (χ3v) is 4.60. The van der Waals surface area contributed by atoms with Gasteiger partial charge in [-0.1, -0.05) is 53.2 Å². The Bertz CT molecular complexity index is 1230. The molecule has 10 nitrogen and oxygen atoms in total. The molecular formula is C21H19ClN6O4. The molecule has 0 aliphatic heterocycles. The monoisotopic (exact) mass is 454 g/mol. The Balaban J connectivity index is 1.18. The van der Waals surface area contributed by atoms with Gasteiger partial charge in [-0.2, -0.15) is 10.1 Å². The van der Waals surface area contributed by atoms with E-state index in [4.69, 9.17) is 20.9 Å². The minimum Gasteiger partial charge on any atom is -0.483 e. The number of carbonyl (C=O) groups is 2. The van der Waals surface area contributed by atoms with E-state index in [0.717, 1.165) is 10.8 Å². The number of fused-ring (bicyclic) bond motifs is 1. The molecule has 2 amide bonds. The molecule has 0 spiro atoms. The number of ether oxygens (including phenoxy) is 1. The summed E-state index contributed by atoms with van der Waals surface area (Å²) in [6.45, 7) is 0.490. The first-order valence-electron chi connectivity index (χ1n) is 9.74. The number of rotatable bonds is 9. The predicted molar refractivity (Wildman–Crippen MR) is 115 cm³/mol. The van der Waals surface area contributed by atoms with Gasteiger partial charge in [-0.3, -0.25) is 14.3 Å². The van der Waals surface area contributed by atoms with E-state index < -0.39 is 5.91 Å². The summed E-state index contributed by atoms with van der Waals surface area (Å²) < 4.78 is 12.1. The number of nitrogens with one attached hydrogen (secondary N) is 2. The van der Waals surface area contributed by atoms with Crippen molar-refractivity contribution in [2.24, 2.45) is 0 Å². The number of hydrogen-bond donors (Lipinski definition) is 2. The van der Waals surface area contributed by atoms with Crippen molar-refractivity contribution >= 4 is 34.2 Å². The second-order valence-electron chi connectivity index (χ2n) is 6.74. The highest BCUT2D eigenvalue weighted by Crippen LogP contribution is 2.24. The molecule has 0 saturated carbocycles. The molecule has 2 aromatic carbocycles. The van der Waals surface area contributed by atoms with E-state index >= 15 is 0 Å². The van der Waals surface area contributed by atoms with Crippen molar-refractivity contribution in [3.63, 3.8) is 0 Å². The maximum Gasteiger partial charge on any atom is 0.316 e. The molecule has 0 bridgehead atoms. The number of halogens is 1. The fourth-order valence-electron chi connectivity index (χ4n) is 2.95. The van der Waals surface area contributed by atoms with E-state index in [1.807, 2.05) is 42.5 Å². The van der Waals surface area contributed by atoms with E-state index in [2.05, 4.69) is 25.9 Å². The number of hydrogen-bond acceptors (Lipinski definition) is 7. The van der Waals surface area contributed by atoms with Gasteiger partial charge in [0.2, 0.25) is 0 Å². The standard InChI is InChI=1S/C21H19ClN6O4/c22-15-10-25-28(11-15)12-18-26-21(32-27-18)20(30)24-9-8-23-19(29)13-31-17-7-3-5-14-4-1-2-6-16(14)17/h1-7,10-11H,8-9,12-13H2,(H,23,29)(H,24,30). The SMILES string of the molecule is O=C(COc1cccc2ccccc12)NCCNC(=O)c1nc(Cn2cc(Cl)cn2)no1. The van der Waals surface area contributed by atoms with E-state index in [1.54, 1.807) is 6.20 Å². The highest BCUT2D eigenvalue weighted by Gasteiger charge is 2.15. The van der Waals surface area contributed by atoms with Crippen molar-refractivity contribution in [1.82, 2.24) is 30.6 Å². The molecule has 32 heavy (non-hydrogen) atoms. The lowest BCUT2D eigenvalue weighted by Gasteiger charge is -2.10. The highest BCUT2D eigenvalue weighted by atomic mass is 35.5. The average Bonchev–Trinajstić information content (AvgIpc) is 3.44. The molecule has 0 saturated heterocycles. The van der Waals surface area contributed by atoms with Crippen molar-refractivity contribution in [1.29, 1.82) is 0 Å². The Hall–Kier alpha value is -3.92. The fraction of sp³-hybridized carbons (Fsp3) is 0.190. The van der Waals surface area contributed by atoms with Crippen molar-refractivity contribution in [2.75, 3.05) is 19.7 Å². The fourth-order valence-corrected chi connectivity index (χ4v) is 3.11. The van der Waals surface area contributed by atoms with Gasteiger partial charge in [0.05, 0.1) is 11.2 Å². The molecule has 11 heteroatoms. The molecule has 0 aliphatic carbocycles. The molecule has 4 rings (SSSR count). The molecule has 2 heterocycles. The van der Waals surface area contributed by atoms with Crippen LogP contribution in [0.25, 0.3) is 10.8 Å². The molecule has 0 unspecified atom stereocenters. The lowest BCUT2D eigenvalue weighted by atomic mass is 10.1. The van der Waals surface area contributed by atoms with E-state index in [1.165, 1.54) is 10.9 Å². The molecule has 0 radical (unpaired) electrons. The lowest BCUT2D eigenvalue weighted by molar-refractivity contribution is -0.123. The third-order valence-electron chi connectivity index (χ3n) is 4.41. The van der Waals surface area contributed by atoms with Gasteiger partial charge in [0, 0.05) is 24.7 Å². The van der Waals surface area contributed by atoms with Gasteiger partial charge >= 0.3 is 11.8 Å². The van der Waals surface area contributed by atoms with Crippen molar-refractivity contribution in [2.45, 2.75) is 6.54 Å². The molecular weight excluding hydrogens is 436 g/mol. The van der Waals surface area contributed by atoms with Crippen LogP contribution in [0.2, 0.25) is 5.02 Å². The van der Waals surface area contributed by atoms with E-state index in [-0.39, 0.29) is 43.9 Å². The van der Waals surface area contributed by atoms with Crippen LogP contribution in [0.3, 0.4) is 0 Å². The summed E-state index contributed by atoms with van der Waals surface area (Å²) in [6.07, 6.45) is 3.08. The van der Waals surface area contributed by atoms with Crippen LogP contribution in [0, 0.1) is 0 Å². The zero-order chi connectivity index (χ0) is 22.3. The van der Waals surface area contributed by atoms with E-state index in [9.17, 15) is 9.59 Å². The highest BCUT2D eigenvalue weighted by molar-refractivity contribution is 6.30. The van der Waals surface area contributed by atoms with Crippen LogP contribution in [0.1, 0.15) is 16.5 Å². The molecule has 0 fully saturated rings. The predicted octanol–water partition coefficient (Wildman–Crippen LogP) is 2.05. The van der Waals surface area contributed by atoms with E-state index in [0.29, 0.717) is 10.8 Å². The summed E-state index contributed by atoms with van der Waals surface area (Å²) in [6, 6.07) is 13.4. The Kier molecular flexibility index (Phi) is 6.61. The third kappa shape index (κ3) is 5.41. The van der Waals surface area contributed by atoms with Crippen LogP contribution >= 0.6 is 11.6 Å². The largest absolute Gasteiger partial charge is 0.483 e. The summed E-state index contributed by atoms with van der Waals surface area (Å²) in [7, 11) is 0. The van der Waals surface area contributed by atoms with Crippen LogP contribution in [0.15, 0.2) is 59.4 Å². The summed E-state index contributed by atoms with van der Waals surface area (Å²) in [5.74, 6) is -0.0950. The number of nitrogens with zero attached hydrogens (tertiary/aromatic N) is 4. The first kappa shape index (κ1) is 21.3. The zero-order valence-corrected chi connectivity index (χ0v) is 17.6. The second-order valence-corrected chi connectivity index (χ2v) is 7.18. The number of aromatic nitrogens is 4. The van der Waals surface area contributed by atoms with Crippen LogP contribution in [0.4, 0.5) is 0 Å². The van der Waals surface area contributed by atoms with Crippen molar-refractivity contribution in [3.8, 4) is 5.75 Å². The van der Waals surface area contributed by atoms with Gasteiger partial charge in [-0.15, -0.1) is 0 Å². The number of amides is 2. The molecule has 0 aliphatic rings. The van der Waals surface area contributed by atoms with Gasteiger partial charge in [-0.05, 0) is 11.5 Å². The summed E-state index contributed by atoms with van der Waals surface area (Å²) in [5, 5.41) is 15.5. The van der Waals surface area contributed by atoms with Crippen LogP contribution in [-0.2, 0) is 11.3 Å². The Labute approximate surface area is 187 Å². The minimum absolute atomic E-state index is 0.133. The van der Waals surface area contributed by atoms with Gasteiger partial charge in [-0.25, -0.2) is 0 Å². The van der Waals surface area contributed by atoms with Gasteiger partial charge in [0.15, 0.2) is 12.4 Å². The normalized spacial score (nSPS) is 10.8. The maximum absolute atomic E-state index is 12.1. The Morgan fingerprint density at radius 2 is 1.91 bits per heavy atom.